The van der Waals surface area contributed by atoms with Crippen LogP contribution in [0.2, 0.25) is 0 Å². The molecule has 5 nitrogen and oxygen atoms in total. The van der Waals surface area contributed by atoms with Crippen LogP contribution in [-0.4, -0.2) is 27.0 Å². The molecule has 0 bridgehead atoms. The number of nitrogens with one attached hydrogen (secondary N) is 2. The molecular weight excluding hydrogens is 326 g/mol. The number of aromatic nitrogens is 2. The fraction of sp³-hybridized carbons (Fsp3) is 0.231. The van der Waals surface area contributed by atoms with Crippen molar-refractivity contribution in [2.75, 3.05) is 0 Å². The maximum atomic E-state index is 12.2. The molecule has 0 spiro atoms. The molecule has 21 heavy (non-hydrogen) atoms. The molecule has 106 valence electrons. The highest BCUT2D eigenvalue weighted by Gasteiger charge is 2.52. The van der Waals surface area contributed by atoms with Gasteiger partial charge in [0.25, 0.3) is 0 Å². The second-order valence-electron chi connectivity index (χ2n) is 4.89. The lowest BCUT2D eigenvalue weighted by atomic mass is 9.84. The first-order valence-electron chi connectivity index (χ1n) is 6.29. The number of H-pyrrole nitrogens is 1. The number of thiazole rings is 1. The number of rotatable bonds is 1. The van der Waals surface area contributed by atoms with E-state index in [-0.39, 0.29) is 17.7 Å². The number of thioether (sulfide) groups is 1. The number of aromatic amines is 1. The third-order valence-electron chi connectivity index (χ3n) is 3.71. The van der Waals surface area contributed by atoms with Crippen LogP contribution in [0.15, 0.2) is 29.6 Å². The van der Waals surface area contributed by atoms with Crippen LogP contribution in [0.3, 0.4) is 0 Å². The number of hydrogen-bond acceptors (Lipinski definition) is 6. The van der Waals surface area contributed by atoms with E-state index in [1.807, 2.05) is 12.1 Å². The van der Waals surface area contributed by atoms with E-state index < -0.39 is 11.2 Å². The maximum Gasteiger partial charge on any atom is 0.240 e. The molecule has 2 aromatic heterocycles. The van der Waals surface area contributed by atoms with Gasteiger partial charge in [0.05, 0.1) is 10.9 Å². The zero-order valence-electron chi connectivity index (χ0n) is 10.5. The highest BCUT2D eigenvalue weighted by atomic mass is 32.2. The monoisotopic (exact) mass is 335 g/mol. The SMILES string of the molecule is O=C1NC(=O)C2C1Sc1[nH]c(=S)sc1C2c1cccnc1. The average molecular weight is 335 g/mol. The van der Waals surface area contributed by atoms with E-state index in [1.165, 1.54) is 23.1 Å². The second-order valence-corrected chi connectivity index (χ2v) is 7.76. The Bertz CT molecular complexity index is 798. The predicted octanol–water partition coefficient (Wildman–Crippen LogP) is 2.08. The van der Waals surface area contributed by atoms with Gasteiger partial charge in [-0.1, -0.05) is 17.8 Å². The molecule has 2 aromatic rings. The Hall–Kier alpha value is -1.51. The van der Waals surface area contributed by atoms with Crippen molar-refractivity contribution in [2.24, 2.45) is 5.92 Å². The van der Waals surface area contributed by atoms with Crippen LogP contribution < -0.4 is 5.32 Å². The normalized spacial score (nSPS) is 27.1. The first-order valence-corrected chi connectivity index (χ1v) is 8.40. The molecule has 1 saturated heterocycles. The van der Waals surface area contributed by atoms with Gasteiger partial charge >= 0.3 is 0 Å². The number of fused-ring (bicyclic) bond motifs is 2. The summed E-state index contributed by atoms with van der Waals surface area (Å²) < 4.78 is 0.661. The second kappa shape index (κ2) is 4.75. The van der Waals surface area contributed by atoms with E-state index in [1.54, 1.807) is 12.4 Å². The summed E-state index contributed by atoms with van der Waals surface area (Å²) in [7, 11) is 0. The molecule has 2 aliphatic heterocycles. The molecule has 3 unspecified atom stereocenters. The highest BCUT2D eigenvalue weighted by molar-refractivity contribution is 8.00. The van der Waals surface area contributed by atoms with Crippen LogP contribution in [0.5, 0.6) is 0 Å². The number of nitrogens with zero attached hydrogens (tertiary/aromatic N) is 1. The quantitative estimate of drug-likeness (QED) is 0.616. The Morgan fingerprint density at radius 3 is 2.90 bits per heavy atom. The minimum Gasteiger partial charge on any atom is -0.332 e. The molecule has 0 aliphatic carbocycles. The molecule has 3 atom stereocenters. The van der Waals surface area contributed by atoms with E-state index in [4.69, 9.17) is 12.2 Å². The molecular formula is C13H9N3O2S3. The third-order valence-corrected chi connectivity index (χ3v) is 6.47. The first-order chi connectivity index (χ1) is 10.1. The van der Waals surface area contributed by atoms with Gasteiger partial charge in [0.1, 0.15) is 5.25 Å². The van der Waals surface area contributed by atoms with Crippen molar-refractivity contribution in [3.8, 4) is 0 Å². The van der Waals surface area contributed by atoms with Crippen molar-refractivity contribution in [3.63, 3.8) is 0 Å². The molecule has 0 radical (unpaired) electrons. The highest BCUT2D eigenvalue weighted by Crippen LogP contribution is 2.51. The van der Waals surface area contributed by atoms with Crippen LogP contribution in [0.4, 0.5) is 0 Å². The van der Waals surface area contributed by atoms with Gasteiger partial charge in [0.2, 0.25) is 11.8 Å². The zero-order chi connectivity index (χ0) is 14.6. The van der Waals surface area contributed by atoms with Gasteiger partial charge in [0, 0.05) is 23.2 Å². The Morgan fingerprint density at radius 2 is 2.14 bits per heavy atom. The topological polar surface area (TPSA) is 74.8 Å². The molecule has 2 amide bonds. The molecule has 1 fully saturated rings. The van der Waals surface area contributed by atoms with E-state index in [9.17, 15) is 9.59 Å². The summed E-state index contributed by atoms with van der Waals surface area (Å²) in [6, 6.07) is 3.78. The minimum absolute atomic E-state index is 0.177. The average Bonchev–Trinajstić information content (AvgIpc) is 2.97. The first kappa shape index (κ1) is 13.2. The van der Waals surface area contributed by atoms with Gasteiger partial charge in [-0.25, -0.2) is 0 Å². The Kier molecular flexibility index (Phi) is 2.98. The molecule has 4 rings (SSSR count). The lowest BCUT2D eigenvalue weighted by Gasteiger charge is -2.29. The number of pyridine rings is 1. The summed E-state index contributed by atoms with van der Waals surface area (Å²) in [5.74, 6) is -1.01. The lowest BCUT2D eigenvalue weighted by Crippen LogP contribution is -2.31. The molecule has 2 N–H and O–H groups in total. The van der Waals surface area contributed by atoms with Crippen LogP contribution in [0, 0.1) is 9.87 Å². The van der Waals surface area contributed by atoms with Crippen LogP contribution in [0.25, 0.3) is 0 Å². The lowest BCUT2D eigenvalue weighted by molar-refractivity contribution is -0.125. The molecule has 0 saturated carbocycles. The van der Waals surface area contributed by atoms with Crippen LogP contribution in [0.1, 0.15) is 16.4 Å². The van der Waals surface area contributed by atoms with E-state index in [0.29, 0.717) is 3.95 Å². The largest absolute Gasteiger partial charge is 0.332 e. The summed E-state index contributed by atoms with van der Waals surface area (Å²) in [6.07, 6.45) is 3.44. The van der Waals surface area contributed by atoms with Gasteiger partial charge in [-0.2, -0.15) is 0 Å². The minimum atomic E-state index is -0.407. The summed E-state index contributed by atoms with van der Waals surface area (Å²) >= 11 is 8.08. The molecule has 2 aliphatic rings. The Morgan fingerprint density at radius 1 is 1.29 bits per heavy atom. The van der Waals surface area contributed by atoms with Crippen molar-refractivity contribution >= 4 is 47.1 Å². The summed E-state index contributed by atoms with van der Waals surface area (Å²) in [6.45, 7) is 0. The zero-order valence-corrected chi connectivity index (χ0v) is 13.0. The molecule has 8 heteroatoms. The van der Waals surface area contributed by atoms with Crippen molar-refractivity contribution in [2.45, 2.75) is 16.2 Å². The molecule has 4 heterocycles. The van der Waals surface area contributed by atoms with Gasteiger partial charge in [-0.05, 0) is 23.8 Å². The smallest absolute Gasteiger partial charge is 0.240 e. The number of carbonyl (C=O) groups is 2. The number of hydrogen-bond donors (Lipinski definition) is 2. The number of carbonyl (C=O) groups excluding carboxylic acids is 2. The number of amides is 2. The third kappa shape index (κ3) is 1.97. The van der Waals surface area contributed by atoms with Crippen molar-refractivity contribution in [1.82, 2.24) is 15.3 Å². The fourth-order valence-corrected chi connectivity index (χ4v) is 5.78. The summed E-state index contributed by atoms with van der Waals surface area (Å²) in [5, 5.41) is 2.93. The van der Waals surface area contributed by atoms with Crippen LogP contribution >= 0.6 is 35.3 Å². The van der Waals surface area contributed by atoms with Gasteiger partial charge in [0.15, 0.2) is 3.95 Å². The van der Waals surface area contributed by atoms with Gasteiger partial charge in [-0.3, -0.25) is 19.9 Å². The Balaban J connectivity index is 1.93. The predicted molar refractivity (Wildman–Crippen MR) is 81.9 cm³/mol. The Labute approximate surface area is 133 Å². The number of imide groups is 1. The van der Waals surface area contributed by atoms with Crippen molar-refractivity contribution in [3.05, 3.63) is 38.9 Å². The van der Waals surface area contributed by atoms with Crippen molar-refractivity contribution < 1.29 is 9.59 Å². The maximum absolute atomic E-state index is 12.2. The fourth-order valence-electron chi connectivity index (χ4n) is 2.86. The van der Waals surface area contributed by atoms with E-state index in [0.717, 1.165) is 15.5 Å². The van der Waals surface area contributed by atoms with E-state index in [2.05, 4.69) is 15.3 Å². The van der Waals surface area contributed by atoms with Crippen molar-refractivity contribution in [1.29, 1.82) is 0 Å². The van der Waals surface area contributed by atoms with Gasteiger partial charge in [-0.15, -0.1) is 11.3 Å². The van der Waals surface area contributed by atoms with E-state index >= 15 is 0 Å². The summed E-state index contributed by atoms with van der Waals surface area (Å²) in [5.41, 5.74) is 0.934. The summed E-state index contributed by atoms with van der Waals surface area (Å²) in [4.78, 5) is 32.5. The van der Waals surface area contributed by atoms with Crippen LogP contribution in [-0.2, 0) is 9.59 Å². The standard InChI is InChI=1S/C13H9N3O2S3/c17-10-7-6(5-2-1-3-14-4-5)9-12(16-13(19)21-9)20-8(7)11(18)15-10/h1-4,6-8H,(H,16,19)(H,15,17,18). The molecule has 0 aromatic carbocycles. The van der Waals surface area contributed by atoms with Gasteiger partial charge < -0.3 is 4.98 Å².